The molecule has 1 aromatic heterocycles. The maximum Gasteiger partial charge on any atom is 0.234 e. The zero-order valence-corrected chi connectivity index (χ0v) is 18.8. The van der Waals surface area contributed by atoms with Gasteiger partial charge in [0, 0.05) is 23.3 Å². The summed E-state index contributed by atoms with van der Waals surface area (Å²) < 4.78 is 10.6. The highest BCUT2D eigenvalue weighted by Crippen LogP contribution is 2.39. The molecule has 9 heteroatoms. The third kappa shape index (κ3) is 4.76. The molecule has 1 aliphatic rings. The van der Waals surface area contributed by atoms with E-state index in [1.807, 2.05) is 60.7 Å². The van der Waals surface area contributed by atoms with E-state index >= 15 is 0 Å². The molecule has 7 nitrogen and oxygen atoms in total. The van der Waals surface area contributed by atoms with E-state index in [0.29, 0.717) is 38.8 Å². The number of benzene rings is 3. The van der Waals surface area contributed by atoms with Crippen molar-refractivity contribution < 1.29 is 14.3 Å². The number of fused-ring (bicyclic) bond motifs is 1. The van der Waals surface area contributed by atoms with Crippen LogP contribution in [-0.2, 0) is 4.79 Å². The largest absolute Gasteiger partial charge is 0.454 e. The number of hydrogen-bond donors (Lipinski definition) is 1. The fourth-order valence-electron chi connectivity index (χ4n) is 3.29. The molecule has 2 heterocycles. The number of aromatic nitrogens is 3. The van der Waals surface area contributed by atoms with Gasteiger partial charge < -0.3 is 14.8 Å². The molecule has 0 saturated carbocycles. The molecule has 1 aliphatic heterocycles. The van der Waals surface area contributed by atoms with Gasteiger partial charge in [-0.2, -0.15) is 0 Å². The number of anilines is 1. The topological polar surface area (TPSA) is 86.2 Å². The highest BCUT2D eigenvalue weighted by atomic mass is 35.5. The van der Waals surface area contributed by atoms with Crippen LogP contribution < -0.4 is 14.8 Å². The Morgan fingerprint density at radius 1 is 0.909 bits per heavy atom. The fourth-order valence-corrected chi connectivity index (χ4v) is 4.08. The fraction of sp³-hybridized carbons (Fsp3) is 0.0833. The zero-order valence-electron chi connectivity index (χ0n) is 17.2. The van der Waals surface area contributed by atoms with Gasteiger partial charge >= 0.3 is 0 Å². The quantitative estimate of drug-likeness (QED) is 0.377. The monoisotopic (exact) mass is 476 g/mol. The second kappa shape index (κ2) is 9.48. The molecule has 33 heavy (non-hydrogen) atoms. The number of thioether (sulfide) groups is 1. The van der Waals surface area contributed by atoms with E-state index < -0.39 is 0 Å². The summed E-state index contributed by atoms with van der Waals surface area (Å²) in [6, 6.07) is 22.8. The summed E-state index contributed by atoms with van der Waals surface area (Å²) in [6.07, 6.45) is 0. The predicted octanol–water partition coefficient (Wildman–Crippen LogP) is 5.32. The summed E-state index contributed by atoms with van der Waals surface area (Å²) >= 11 is 7.44. The van der Waals surface area contributed by atoms with Crippen LogP contribution in [0.5, 0.6) is 11.5 Å². The Balaban J connectivity index is 1.34. The molecule has 1 N–H and O–H groups in total. The second-order valence-corrected chi connectivity index (χ2v) is 8.40. The number of nitrogens with zero attached hydrogens (tertiary/aromatic N) is 3. The molecule has 0 bridgehead atoms. The Hall–Kier alpha value is -3.62. The molecule has 0 atom stereocenters. The maximum absolute atomic E-state index is 12.5. The lowest BCUT2D eigenvalue weighted by molar-refractivity contribution is -0.113. The van der Waals surface area contributed by atoms with Crippen LogP contribution in [0.2, 0.25) is 5.02 Å². The minimum absolute atomic E-state index is 0.0887. The van der Waals surface area contributed by atoms with Crippen molar-refractivity contribution in [2.24, 2.45) is 0 Å². The normalized spacial score (nSPS) is 11.9. The predicted molar refractivity (Wildman–Crippen MR) is 128 cm³/mol. The van der Waals surface area contributed by atoms with Crippen molar-refractivity contribution in [3.8, 4) is 34.0 Å². The average molecular weight is 477 g/mol. The van der Waals surface area contributed by atoms with Crippen molar-refractivity contribution in [3.63, 3.8) is 0 Å². The molecular formula is C24H17ClN4O3S. The Kier molecular flexibility index (Phi) is 6.10. The van der Waals surface area contributed by atoms with Gasteiger partial charge in [0.25, 0.3) is 0 Å². The number of rotatable bonds is 6. The number of hydrogen-bond acceptors (Lipinski definition) is 7. The van der Waals surface area contributed by atoms with E-state index in [-0.39, 0.29) is 18.5 Å². The van der Waals surface area contributed by atoms with Crippen LogP contribution in [0.1, 0.15) is 0 Å². The molecule has 0 aliphatic carbocycles. The lowest BCUT2D eigenvalue weighted by Gasteiger charge is -2.10. The van der Waals surface area contributed by atoms with Gasteiger partial charge in [0.05, 0.1) is 16.5 Å². The van der Waals surface area contributed by atoms with Crippen LogP contribution in [0.15, 0.2) is 78.0 Å². The highest BCUT2D eigenvalue weighted by molar-refractivity contribution is 7.99. The summed E-state index contributed by atoms with van der Waals surface area (Å²) in [6.45, 7) is 0.131. The van der Waals surface area contributed by atoms with E-state index in [4.69, 9.17) is 26.1 Å². The van der Waals surface area contributed by atoms with Crippen molar-refractivity contribution in [2.45, 2.75) is 5.16 Å². The first-order valence-corrected chi connectivity index (χ1v) is 11.4. The van der Waals surface area contributed by atoms with Crippen molar-refractivity contribution in [2.75, 3.05) is 17.9 Å². The maximum atomic E-state index is 12.5. The van der Waals surface area contributed by atoms with Crippen LogP contribution in [0.4, 0.5) is 5.69 Å². The molecule has 0 unspecified atom stereocenters. The van der Waals surface area contributed by atoms with Gasteiger partial charge in [-0.25, -0.2) is 4.98 Å². The zero-order chi connectivity index (χ0) is 22.6. The summed E-state index contributed by atoms with van der Waals surface area (Å²) in [7, 11) is 0. The number of amides is 1. The first-order valence-electron chi connectivity index (χ1n) is 10.0. The standard InChI is InChI=1S/C24H17ClN4O3S/c25-17-11-19-20(32-14-31-19)12-18(17)26-21(30)13-33-24-27-22(15-7-3-1-4-8-15)23(28-29-24)16-9-5-2-6-10-16/h1-12H,13-14H2,(H,26,30). The van der Waals surface area contributed by atoms with E-state index in [0.717, 1.165) is 11.1 Å². The number of nitrogens with one attached hydrogen (secondary N) is 1. The third-order valence-corrected chi connectivity index (χ3v) is 5.98. The second-order valence-electron chi connectivity index (χ2n) is 7.05. The summed E-state index contributed by atoms with van der Waals surface area (Å²) in [5.41, 5.74) is 3.68. The minimum Gasteiger partial charge on any atom is -0.454 e. The molecule has 3 aromatic carbocycles. The lowest BCUT2D eigenvalue weighted by Crippen LogP contribution is -2.15. The Labute approximate surface area is 199 Å². The molecule has 1 amide bonds. The Bertz CT molecular complexity index is 1310. The lowest BCUT2D eigenvalue weighted by atomic mass is 10.0. The van der Waals surface area contributed by atoms with Gasteiger partial charge in [-0.05, 0) is 0 Å². The van der Waals surface area contributed by atoms with Gasteiger partial charge in [0.1, 0.15) is 11.4 Å². The van der Waals surface area contributed by atoms with E-state index in [1.165, 1.54) is 11.8 Å². The smallest absolute Gasteiger partial charge is 0.234 e. The summed E-state index contributed by atoms with van der Waals surface area (Å²) in [4.78, 5) is 17.3. The first-order chi connectivity index (χ1) is 16.2. The van der Waals surface area contributed by atoms with Crippen LogP contribution in [0, 0.1) is 0 Å². The van der Waals surface area contributed by atoms with Crippen LogP contribution in [0.25, 0.3) is 22.5 Å². The number of carbonyl (C=O) groups excluding carboxylic acids is 1. The van der Waals surface area contributed by atoms with Crippen LogP contribution >= 0.6 is 23.4 Å². The summed E-state index contributed by atoms with van der Waals surface area (Å²) in [5, 5.41) is 12.2. The Morgan fingerprint density at radius 2 is 1.55 bits per heavy atom. The molecule has 164 valence electrons. The number of carbonyl (C=O) groups is 1. The van der Waals surface area contributed by atoms with Crippen LogP contribution in [-0.4, -0.2) is 33.6 Å². The third-order valence-electron chi connectivity index (χ3n) is 4.83. The molecule has 0 fully saturated rings. The minimum atomic E-state index is -0.252. The molecule has 5 rings (SSSR count). The van der Waals surface area contributed by atoms with Crippen LogP contribution in [0.3, 0.4) is 0 Å². The van der Waals surface area contributed by atoms with E-state index in [9.17, 15) is 4.79 Å². The van der Waals surface area contributed by atoms with Gasteiger partial charge in [0.15, 0.2) is 11.5 Å². The molecule has 0 spiro atoms. The van der Waals surface area contributed by atoms with E-state index in [2.05, 4.69) is 15.5 Å². The molecular weight excluding hydrogens is 460 g/mol. The molecule has 0 saturated heterocycles. The van der Waals surface area contributed by atoms with Crippen molar-refractivity contribution in [1.82, 2.24) is 15.2 Å². The van der Waals surface area contributed by atoms with Gasteiger partial charge in [-0.15, -0.1) is 10.2 Å². The van der Waals surface area contributed by atoms with E-state index in [1.54, 1.807) is 12.1 Å². The Morgan fingerprint density at radius 3 is 2.24 bits per heavy atom. The number of ether oxygens (including phenoxy) is 2. The number of halogens is 1. The highest BCUT2D eigenvalue weighted by Gasteiger charge is 2.18. The molecule has 4 aromatic rings. The van der Waals surface area contributed by atoms with Crippen molar-refractivity contribution in [1.29, 1.82) is 0 Å². The molecule has 0 radical (unpaired) electrons. The average Bonchev–Trinajstić information content (AvgIpc) is 3.31. The first kappa shape index (κ1) is 21.2. The van der Waals surface area contributed by atoms with Gasteiger partial charge in [-0.1, -0.05) is 84.0 Å². The summed E-state index contributed by atoms with van der Waals surface area (Å²) in [5.74, 6) is 0.932. The SMILES string of the molecule is O=C(CSc1nnc(-c2ccccc2)c(-c2ccccc2)n1)Nc1cc2c(cc1Cl)OCO2. The van der Waals surface area contributed by atoms with Gasteiger partial charge in [0.2, 0.25) is 17.9 Å². The van der Waals surface area contributed by atoms with Crippen molar-refractivity contribution in [3.05, 3.63) is 77.8 Å². The van der Waals surface area contributed by atoms with Gasteiger partial charge in [-0.3, -0.25) is 4.79 Å². The van der Waals surface area contributed by atoms with Crippen molar-refractivity contribution >= 4 is 35.0 Å².